The van der Waals surface area contributed by atoms with Gasteiger partial charge in [0.1, 0.15) is 12.4 Å². The number of methoxy groups -OCH3 is 2. The van der Waals surface area contributed by atoms with Crippen LogP contribution in [0.3, 0.4) is 0 Å². The van der Waals surface area contributed by atoms with E-state index in [0.29, 0.717) is 11.3 Å². The number of carbonyl (C=O) groups is 2. The summed E-state index contributed by atoms with van der Waals surface area (Å²) in [6.07, 6.45) is 3.42. The van der Waals surface area contributed by atoms with E-state index in [9.17, 15) is 9.59 Å². The Morgan fingerprint density at radius 1 is 1.10 bits per heavy atom. The van der Waals surface area contributed by atoms with Gasteiger partial charge in [-0.1, -0.05) is 32.0 Å². The van der Waals surface area contributed by atoms with E-state index in [1.165, 1.54) is 12.7 Å². The van der Waals surface area contributed by atoms with E-state index >= 15 is 0 Å². The fourth-order valence-electron chi connectivity index (χ4n) is 3.90. The van der Waals surface area contributed by atoms with Gasteiger partial charge in [-0.2, -0.15) is 0 Å². The molecule has 1 heterocycles. The molecule has 1 aliphatic heterocycles. The molecule has 0 radical (unpaired) electrons. The summed E-state index contributed by atoms with van der Waals surface area (Å²) in [5, 5.41) is 6.31. The van der Waals surface area contributed by atoms with E-state index in [0.717, 1.165) is 29.9 Å². The number of ketones is 1. The molecule has 0 unspecified atom stereocenters. The fourth-order valence-corrected chi connectivity index (χ4v) is 3.90. The van der Waals surface area contributed by atoms with E-state index in [2.05, 4.69) is 30.5 Å². The van der Waals surface area contributed by atoms with Gasteiger partial charge in [0.05, 0.1) is 12.6 Å². The molecule has 0 fully saturated rings. The van der Waals surface area contributed by atoms with E-state index in [-0.39, 0.29) is 23.8 Å². The lowest BCUT2D eigenvalue weighted by Gasteiger charge is -2.28. The van der Waals surface area contributed by atoms with Crippen molar-refractivity contribution in [1.29, 1.82) is 0 Å². The van der Waals surface area contributed by atoms with Crippen LogP contribution in [0.1, 0.15) is 48.2 Å². The summed E-state index contributed by atoms with van der Waals surface area (Å²) in [6.45, 7) is 4.24. The Morgan fingerprint density at radius 2 is 1.87 bits per heavy atom. The molecule has 0 bridgehead atoms. The van der Waals surface area contributed by atoms with Crippen molar-refractivity contribution >= 4 is 23.1 Å². The Morgan fingerprint density at radius 3 is 2.53 bits per heavy atom. The highest BCUT2D eigenvalue weighted by Crippen LogP contribution is 2.43. The number of allylic oxidation sites excluding steroid dienone is 1. The van der Waals surface area contributed by atoms with Crippen LogP contribution < -0.4 is 15.4 Å². The molecule has 1 aliphatic rings. The van der Waals surface area contributed by atoms with Gasteiger partial charge in [-0.25, -0.2) is 0 Å². The van der Waals surface area contributed by atoms with Gasteiger partial charge in [0.25, 0.3) is 0 Å². The van der Waals surface area contributed by atoms with E-state index in [4.69, 9.17) is 9.47 Å². The minimum Gasteiger partial charge on any atom is -0.497 e. The highest BCUT2D eigenvalue weighted by molar-refractivity contribution is 6.09. The van der Waals surface area contributed by atoms with Gasteiger partial charge in [-0.15, -0.1) is 0 Å². The molecule has 3 rings (SSSR count). The lowest BCUT2D eigenvalue weighted by Crippen LogP contribution is -2.34. The summed E-state index contributed by atoms with van der Waals surface area (Å²) in [7, 11) is 3.09. The van der Waals surface area contributed by atoms with Crippen molar-refractivity contribution in [2.75, 3.05) is 26.1 Å². The molecule has 158 valence electrons. The zero-order valence-electron chi connectivity index (χ0n) is 17.9. The predicted molar refractivity (Wildman–Crippen MR) is 118 cm³/mol. The molecule has 2 aromatic carbocycles. The molecule has 0 spiro atoms. The van der Waals surface area contributed by atoms with Crippen molar-refractivity contribution in [2.45, 2.75) is 32.2 Å². The van der Waals surface area contributed by atoms with Crippen LogP contribution in [-0.4, -0.2) is 32.5 Å². The second-order valence-electron chi connectivity index (χ2n) is 7.31. The van der Waals surface area contributed by atoms with Crippen molar-refractivity contribution < 1.29 is 19.1 Å². The van der Waals surface area contributed by atoms with Crippen LogP contribution >= 0.6 is 0 Å². The zero-order chi connectivity index (χ0) is 21.7. The first kappa shape index (κ1) is 21.6. The van der Waals surface area contributed by atoms with Crippen molar-refractivity contribution in [1.82, 2.24) is 5.32 Å². The van der Waals surface area contributed by atoms with Crippen LogP contribution in [0.4, 0.5) is 5.69 Å². The standard InChI is InChI=1S/C24H28N2O4/c1-5-24(6-2)20-11-10-18(30-4)13-19(20)21(26-24)14-22(27)16-8-7-9-17(12-16)25-23(28)15-29-3/h7-14,26H,5-6,15H2,1-4H3,(H,25,28)/b21-14-. The molecular formula is C24H28N2O4. The minimum absolute atomic E-state index is 0.0408. The number of benzene rings is 2. The largest absolute Gasteiger partial charge is 0.497 e. The Labute approximate surface area is 177 Å². The highest BCUT2D eigenvalue weighted by atomic mass is 16.5. The van der Waals surface area contributed by atoms with Crippen LogP contribution in [0.2, 0.25) is 0 Å². The first-order valence-corrected chi connectivity index (χ1v) is 10.1. The summed E-state index contributed by atoms with van der Waals surface area (Å²) >= 11 is 0. The number of hydrogen-bond acceptors (Lipinski definition) is 5. The molecule has 0 saturated carbocycles. The average molecular weight is 408 g/mol. The lowest BCUT2D eigenvalue weighted by atomic mass is 9.85. The zero-order valence-corrected chi connectivity index (χ0v) is 17.9. The maximum atomic E-state index is 13.0. The number of anilines is 1. The van der Waals surface area contributed by atoms with Gasteiger partial charge in [0.2, 0.25) is 5.91 Å². The molecule has 6 nitrogen and oxygen atoms in total. The first-order chi connectivity index (χ1) is 14.5. The summed E-state index contributed by atoms with van der Waals surface area (Å²) in [4.78, 5) is 24.8. The van der Waals surface area contributed by atoms with Gasteiger partial charge in [-0.3, -0.25) is 9.59 Å². The number of carbonyl (C=O) groups excluding carboxylic acids is 2. The van der Waals surface area contributed by atoms with E-state index < -0.39 is 0 Å². The second-order valence-corrected chi connectivity index (χ2v) is 7.31. The molecule has 0 aliphatic carbocycles. The summed E-state index contributed by atoms with van der Waals surface area (Å²) in [5.41, 5.74) is 3.79. The molecule has 1 amide bonds. The average Bonchev–Trinajstić information content (AvgIpc) is 3.07. The predicted octanol–water partition coefficient (Wildman–Crippen LogP) is 4.12. The molecular weight excluding hydrogens is 380 g/mol. The van der Waals surface area contributed by atoms with Gasteiger partial charge < -0.3 is 20.1 Å². The smallest absolute Gasteiger partial charge is 0.250 e. The quantitative estimate of drug-likeness (QED) is 0.508. The Kier molecular flexibility index (Phi) is 6.57. The minimum atomic E-state index is -0.269. The van der Waals surface area contributed by atoms with Crippen molar-refractivity contribution in [2.24, 2.45) is 0 Å². The molecule has 6 heteroatoms. The highest BCUT2D eigenvalue weighted by Gasteiger charge is 2.38. The van der Waals surface area contributed by atoms with Gasteiger partial charge in [-0.05, 0) is 42.7 Å². The van der Waals surface area contributed by atoms with Crippen LogP contribution in [0.5, 0.6) is 5.75 Å². The SMILES string of the molecule is CCC1(CC)N/C(=C\C(=O)c2cccc(NC(=O)COC)c2)c2cc(OC)ccc21. The Bertz CT molecular complexity index is 977. The van der Waals surface area contributed by atoms with Crippen LogP contribution in [-0.2, 0) is 15.1 Å². The molecule has 30 heavy (non-hydrogen) atoms. The monoisotopic (exact) mass is 408 g/mol. The maximum Gasteiger partial charge on any atom is 0.250 e. The third-order valence-electron chi connectivity index (χ3n) is 5.60. The Hall–Kier alpha value is -3.12. The Balaban J connectivity index is 1.94. The van der Waals surface area contributed by atoms with Gasteiger partial charge >= 0.3 is 0 Å². The van der Waals surface area contributed by atoms with E-state index in [1.807, 2.05) is 12.1 Å². The number of amides is 1. The topological polar surface area (TPSA) is 76.7 Å². The summed E-state index contributed by atoms with van der Waals surface area (Å²) in [6, 6.07) is 12.9. The molecule has 2 N–H and O–H groups in total. The van der Waals surface area contributed by atoms with Gasteiger partial charge in [0.15, 0.2) is 5.78 Å². The number of fused-ring (bicyclic) bond motifs is 1. The fraction of sp³-hybridized carbons (Fsp3) is 0.333. The molecule has 0 aromatic heterocycles. The van der Waals surface area contributed by atoms with Crippen molar-refractivity contribution in [3.05, 3.63) is 65.2 Å². The second kappa shape index (κ2) is 9.13. The number of hydrogen-bond donors (Lipinski definition) is 2. The maximum absolute atomic E-state index is 13.0. The normalized spacial score (nSPS) is 15.4. The molecule has 2 aromatic rings. The summed E-state index contributed by atoms with van der Waals surface area (Å²) < 4.78 is 10.2. The van der Waals surface area contributed by atoms with Crippen LogP contribution in [0.15, 0.2) is 48.5 Å². The third kappa shape index (κ3) is 4.24. The first-order valence-electron chi connectivity index (χ1n) is 10.1. The van der Waals surface area contributed by atoms with E-state index in [1.54, 1.807) is 37.5 Å². The van der Waals surface area contributed by atoms with Crippen molar-refractivity contribution in [3.63, 3.8) is 0 Å². The molecule has 0 atom stereocenters. The lowest BCUT2D eigenvalue weighted by molar-refractivity contribution is -0.119. The number of ether oxygens (including phenoxy) is 2. The van der Waals surface area contributed by atoms with Crippen LogP contribution in [0.25, 0.3) is 5.70 Å². The number of rotatable bonds is 8. The summed E-state index contributed by atoms with van der Waals surface area (Å²) in [5.74, 6) is 0.339. The van der Waals surface area contributed by atoms with Gasteiger partial charge in [0, 0.05) is 35.7 Å². The van der Waals surface area contributed by atoms with Crippen LogP contribution in [0, 0.1) is 0 Å². The van der Waals surface area contributed by atoms with Crippen molar-refractivity contribution in [3.8, 4) is 5.75 Å². The third-order valence-corrected chi connectivity index (χ3v) is 5.60. The number of nitrogens with one attached hydrogen (secondary N) is 2. The molecule has 0 saturated heterocycles.